The van der Waals surface area contributed by atoms with Crippen molar-refractivity contribution in [1.82, 2.24) is 5.32 Å². The number of piperidine rings is 1. The van der Waals surface area contributed by atoms with E-state index in [1.807, 2.05) is 11.8 Å². The molecule has 3 heteroatoms. The van der Waals surface area contributed by atoms with Gasteiger partial charge in [0.15, 0.2) is 0 Å². The lowest BCUT2D eigenvalue weighted by atomic mass is 9.64. The second kappa shape index (κ2) is 5.72. The lowest BCUT2D eigenvalue weighted by Crippen LogP contribution is -2.55. The molecule has 1 amide bonds. The lowest BCUT2D eigenvalue weighted by molar-refractivity contribution is -0.125. The van der Waals surface area contributed by atoms with Crippen molar-refractivity contribution in [2.75, 3.05) is 0 Å². The van der Waals surface area contributed by atoms with Crippen LogP contribution in [0.5, 0.6) is 0 Å². The average Bonchev–Trinajstić information content (AvgIpc) is 2.56. The second-order valence-electron chi connectivity index (χ2n) is 6.81. The first-order chi connectivity index (χ1) is 11.1. The average molecular weight is 323 g/mol. The molecule has 2 atom stereocenters. The van der Waals surface area contributed by atoms with Crippen LogP contribution < -0.4 is 5.32 Å². The topological polar surface area (TPSA) is 29.1 Å². The fourth-order valence-electron chi connectivity index (χ4n) is 4.01. The van der Waals surface area contributed by atoms with Crippen molar-refractivity contribution in [3.05, 3.63) is 59.7 Å². The van der Waals surface area contributed by atoms with Crippen LogP contribution in [0.3, 0.4) is 0 Å². The summed E-state index contributed by atoms with van der Waals surface area (Å²) in [6.45, 7) is 2.32. The fourth-order valence-corrected chi connectivity index (χ4v) is 4.91. The Morgan fingerprint density at radius 3 is 2.74 bits per heavy atom. The largest absolute Gasteiger partial charge is 0.352 e. The molecule has 1 aliphatic carbocycles. The number of carbonyl (C=O) groups excluding carboxylic acids is 1. The van der Waals surface area contributed by atoms with Gasteiger partial charge in [-0.15, -0.1) is 0 Å². The highest BCUT2D eigenvalue weighted by Crippen LogP contribution is 2.44. The highest BCUT2D eigenvalue weighted by Gasteiger charge is 2.43. The molecule has 1 heterocycles. The van der Waals surface area contributed by atoms with E-state index in [4.69, 9.17) is 0 Å². The molecule has 1 aliphatic heterocycles. The summed E-state index contributed by atoms with van der Waals surface area (Å²) in [6, 6.07) is 17.7. The second-order valence-corrected chi connectivity index (χ2v) is 7.96. The Morgan fingerprint density at radius 1 is 1.09 bits per heavy atom. The molecule has 2 aromatic rings. The van der Waals surface area contributed by atoms with E-state index < -0.39 is 0 Å². The number of hydrogen-bond acceptors (Lipinski definition) is 2. The molecule has 0 saturated carbocycles. The zero-order chi connectivity index (χ0) is 15.9. The van der Waals surface area contributed by atoms with Crippen LogP contribution >= 0.6 is 11.8 Å². The highest BCUT2D eigenvalue weighted by atomic mass is 32.2. The summed E-state index contributed by atoms with van der Waals surface area (Å²) in [6.07, 6.45) is 3.71. The number of carbonyl (C=O) groups is 1. The monoisotopic (exact) mass is 323 g/mol. The van der Waals surface area contributed by atoms with Gasteiger partial charge in [0.25, 0.3) is 0 Å². The molecule has 23 heavy (non-hydrogen) atoms. The molecule has 0 aromatic heterocycles. The van der Waals surface area contributed by atoms with E-state index in [1.54, 1.807) is 0 Å². The third kappa shape index (κ3) is 2.67. The lowest BCUT2D eigenvalue weighted by Gasteiger charge is -2.46. The molecule has 0 spiro atoms. The summed E-state index contributed by atoms with van der Waals surface area (Å²) in [5.41, 5.74) is 2.99. The van der Waals surface area contributed by atoms with Gasteiger partial charge >= 0.3 is 0 Å². The number of rotatable bonds is 2. The van der Waals surface area contributed by atoms with Gasteiger partial charge in [-0.25, -0.2) is 0 Å². The smallest absolute Gasteiger partial charge is 0.220 e. The van der Waals surface area contributed by atoms with E-state index in [-0.39, 0.29) is 11.3 Å². The van der Waals surface area contributed by atoms with E-state index in [0.29, 0.717) is 12.5 Å². The number of nitrogens with one attached hydrogen (secondary N) is 1. The first-order valence-electron chi connectivity index (χ1n) is 8.31. The summed E-state index contributed by atoms with van der Waals surface area (Å²) >= 11 is 1.82. The van der Waals surface area contributed by atoms with Crippen LogP contribution in [0.4, 0.5) is 0 Å². The highest BCUT2D eigenvalue weighted by molar-refractivity contribution is 7.99. The first kappa shape index (κ1) is 14.8. The molecule has 0 bridgehead atoms. The van der Waals surface area contributed by atoms with Gasteiger partial charge in [0.1, 0.15) is 0 Å². The molecule has 1 fully saturated rings. The maximum atomic E-state index is 11.7. The number of amides is 1. The maximum Gasteiger partial charge on any atom is 0.220 e. The fraction of sp³-hybridized carbons (Fsp3) is 0.350. The molecule has 1 unspecified atom stereocenters. The van der Waals surface area contributed by atoms with Gasteiger partial charge in [0.2, 0.25) is 5.91 Å². The van der Waals surface area contributed by atoms with E-state index in [0.717, 1.165) is 19.3 Å². The molecular weight excluding hydrogens is 302 g/mol. The molecule has 0 radical (unpaired) electrons. The van der Waals surface area contributed by atoms with Crippen LogP contribution in [0.15, 0.2) is 58.3 Å². The summed E-state index contributed by atoms with van der Waals surface area (Å²) in [5.74, 6) is 0.215. The standard InChI is InChI=1S/C20H21NOS/c1-20-12-11-19(22)21-18(20)10-7-14-13-16(8-9-17(14)20)23-15-5-3-2-4-6-15/h2-6,8-9,13,18H,7,10-12H2,1H3,(H,21,22)/t18?,20-/m1/s1. The van der Waals surface area contributed by atoms with E-state index in [1.165, 1.54) is 20.9 Å². The van der Waals surface area contributed by atoms with Crippen molar-refractivity contribution >= 4 is 17.7 Å². The summed E-state index contributed by atoms with van der Waals surface area (Å²) in [5, 5.41) is 3.21. The predicted octanol–water partition coefficient (Wildman–Crippen LogP) is 4.32. The first-order valence-corrected chi connectivity index (χ1v) is 9.12. The van der Waals surface area contributed by atoms with Gasteiger partial charge in [-0.05, 0) is 54.7 Å². The molecular formula is C20H21NOS. The van der Waals surface area contributed by atoms with Crippen LogP contribution in [-0.4, -0.2) is 11.9 Å². The van der Waals surface area contributed by atoms with Crippen molar-refractivity contribution in [3.8, 4) is 0 Å². The minimum atomic E-state index is 0.0947. The zero-order valence-electron chi connectivity index (χ0n) is 13.3. The maximum absolute atomic E-state index is 11.7. The van der Waals surface area contributed by atoms with Gasteiger partial charge in [0.05, 0.1) is 0 Å². The van der Waals surface area contributed by atoms with Crippen molar-refractivity contribution in [2.45, 2.75) is 53.9 Å². The van der Waals surface area contributed by atoms with Crippen LogP contribution in [-0.2, 0) is 16.6 Å². The van der Waals surface area contributed by atoms with Crippen molar-refractivity contribution in [1.29, 1.82) is 0 Å². The molecule has 2 nitrogen and oxygen atoms in total. The Labute approximate surface area is 141 Å². The number of benzene rings is 2. The van der Waals surface area contributed by atoms with Gasteiger partial charge in [-0.2, -0.15) is 0 Å². The number of hydrogen-bond donors (Lipinski definition) is 1. The van der Waals surface area contributed by atoms with Gasteiger partial charge in [0, 0.05) is 27.7 Å². The number of aryl methyl sites for hydroxylation is 1. The third-order valence-electron chi connectivity index (χ3n) is 5.35. The molecule has 4 rings (SSSR count). The number of fused-ring (bicyclic) bond motifs is 3. The normalized spacial score (nSPS) is 26.1. The van der Waals surface area contributed by atoms with Crippen molar-refractivity contribution in [3.63, 3.8) is 0 Å². The van der Waals surface area contributed by atoms with E-state index in [9.17, 15) is 4.79 Å². The van der Waals surface area contributed by atoms with Crippen LogP contribution in [0.2, 0.25) is 0 Å². The molecule has 118 valence electrons. The van der Waals surface area contributed by atoms with Crippen molar-refractivity contribution in [2.24, 2.45) is 0 Å². The SMILES string of the molecule is C[C@]12CCC(=O)NC1CCc1cc(Sc3ccccc3)ccc12. The van der Waals surface area contributed by atoms with Gasteiger partial charge < -0.3 is 5.32 Å². The summed E-state index contributed by atoms with van der Waals surface area (Å²) in [7, 11) is 0. The Balaban J connectivity index is 1.64. The Morgan fingerprint density at radius 2 is 1.91 bits per heavy atom. The summed E-state index contributed by atoms with van der Waals surface area (Å²) < 4.78 is 0. The Bertz CT molecular complexity index is 743. The van der Waals surface area contributed by atoms with Crippen LogP contribution in [0.1, 0.15) is 37.3 Å². The summed E-state index contributed by atoms with van der Waals surface area (Å²) in [4.78, 5) is 14.3. The van der Waals surface area contributed by atoms with E-state index >= 15 is 0 Å². The Hall–Kier alpha value is -1.74. The molecule has 1 saturated heterocycles. The van der Waals surface area contributed by atoms with Crippen LogP contribution in [0, 0.1) is 0 Å². The van der Waals surface area contributed by atoms with Crippen LogP contribution in [0.25, 0.3) is 0 Å². The quantitative estimate of drug-likeness (QED) is 0.892. The third-order valence-corrected chi connectivity index (χ3v) is 6.35. The van der Waals surface area contributed by atoms with Crippen molar-refractivity contribution < 1.29 is 4.79 Å². The van der Waals surface area contributed by atoms with Gasteiger partial charge in [-0.3, -0.25) is 4.79 Å². The molecule has 2 aromatic carbocycles. The van der Waals surface area contributed by atoms with E-state index in [2.05, 4.69) is 60.8 Å². The van der Waals surface area contributed by atoms with Gasteiger partial charge in [-0.1, -0.05) is 43.0 Å². The molecule has 2 aliphatic rings. The Kier molecular flexibility index (Phi) is 3.68. The minimum absolute atomic E-state index is 0.0947. The zero-order valence-corrected chi connectivity index (χ0v) is 14.2. The predicted molar refractivity (Wildman–Crippen MR) is 93.8 cm³/mol. The molecule has 1 N–H and O–H groups in total. The minimum Gasteiger partial charge on any atom is -0.352 e.